The van der Waals surface area contributed by atoms with Crippen molar-refractivity contribution >= 4 is 5.91 Å². The zero-order chi connectivity index (χ0) is 13.7. The van der Waals surface area contributed by atoms with E-state index in [1.165, 1.54) is 32.4 Å². The van der Waals surface area contributed by atoms with Crippen LogP contribution in [0.3, 0.4) is 0 Å². The molecule has 0 bridgehead atoms. The van der Waals surface area contributed by atoms with Crippen LogP contribution in [0.5, 0.6) is 0 Å². The number of nitrogens with one attached hydrogen (secondary N) is 2. The van der Waals surface area contributed by atoms with E-state index in [0.29, 0.717) is 11.8 Å². The summed E-state index contributed by atoms with van der Waals surface area (Å²) in [5.41, 5.74) is 0. The molecule has 4 heteroatoms. The van der Waals surface area contributed by atoms with Crippen LogP contribution in [-0.4, -0.2) is 49.6 Å². The molecule has 0 saturated carbocycles. The van der Waals surface area contributed by atoms with Crippen LogP contribution in [0.1, 0.15) is 39.5 Å². The highest BCUT2D eigenvalue weighted by molar-refractivity contribution is 5.82. The Balaban J connectivity index is 1.65. The molecule has 2 saturated heterocycles. The molecule has 2 aliphatic heterocycles. The van der Waals surface area contributed by atoms with Crippen molar-refractivity contribution in [1.82, 2.24) is 15.5 Å². The zero-order valence-corrected chi connectivity index (χ0v) is 12.5. The second-order valence-corrected chi connectivity index (χ2v) is 6.41. The summed E-state index contributed by atoms with van der Waals surface area (Å²) in [7, 11) is 0. The Hall–Kier alpha value is -0.610. The third-order valence-electron chi connectivity index (χ3n) is 4.46. The maximum atomic E-state index is 12.1. The lowest BCUT2D eigenvalue weighted by atomic mass is 10.0. The Morgan fingerprint density at radius 3 is 2.74 bits per heavy atom. The van der Waals surface area contributed by atoms with E-state index in [-0.39, 0.29) is 11.9 Å². The summed E-state index contributed by atoms with van der Waals surface area (Å²) in [6, 6.07) is 0.0298. The molecule has 19 heavy (non-hydrogen) atoms. The van der Waals surface area contributed by atoms with Crippen molar-refractivity contribution in [3.63, 3.8) is 0 Å². The first-order valence-electron chi connectivity index (χ1n) is 7.90. The normalized spacial score (nSPS) is 30.2. The first-order valence-corrected chi connectivity index (χ1v) is 7.90. The molecule has 0 spiro atoms. The number of hydrogen-bond donors (Lipinski definition) is 2. The monoisotopic (exact) mass is 267 g/mol. The van der Waals surface area contributed by atoms with Crippen molar-refractivity contribution < 1.29 is 4.79 Å². The predicted molar refractivity (Wildman–Crippen MR) is 78.0 cm³/mol. The number of hydrogen-bond acceptors (Lipinski definition) is 3. The maximum absolute atomic E-state index is 12.1. The van der Waals surface area contributed by atoms with E-state index >= 15 is 0 Å². The first kappa shape index (κ1) is 14.8. The number of rotatable bonds is 5. The first-order chi connectivity index (χ1) is 9.16. The summed E-state index contributed by atoms with van der Waals surface area (Å²) in [6.45, 7) is 9.76. The lowest BCUT2D eigenvalue weighted by Crippen LogP contribution is -2.45. The van der Waals surface area contributed by atoms with Gasteiger partial charge in [0.1, 0.15) is 0 Å². The van der Waals surface area contributed by atoms with Gasteiger partial charge in [0.25, 0.3) is 0 Å². The van der Waals surface area contributed by atoms with Crippen LogP contribution < -0.4 is 10.6 Å². The Bertz CT molecular complexity index is 289. The topological polar surface area (TPSA) is 44.4 Å². The molecule has 2 N–H and O–H groups in total. The Kier molecular flexibility index (Phi) is 5.64. The number of carbonyl (C=O) groups excluding carboxylic acids is 1. The molecular weight excluding hydrogens is 238 g/mol. The highest BCUT2D eigenvalue weighted by Crippen LogP contribution is 2.14. The quantitative estimate of drug-likeness (QED) is 0.787. The summed E-state index contributed by atoms with van der Waals surface area (Å²) < 4.78 is 0. The fourth-order valence-corrected chi connectivity index (χ4v) is 3.22. The summed E-state index contributed by atoms with van der Waals surface area (Å²) in [4.78, 5) is 14.6. The van der Waals surface area contributed by atoms with Crippen molar-refractivity contribution in [1.29, 1.82) is 0 Å². The standard InChI is InChI=1S/C15H29N3O/c1-12(11-18-8-4-3-5-9-18)10-17-15(19)14-13(2)6-7-16-14/h12-14,16H,3-11H2,1-2H3,(H,17,19). The molecule has 110 valence electrons. The van der Waals surface area contributed by atoms with Crippen LogP contribution in [0.2, 0.25) is 0 Å². The van der Waals surface area contributed by atoms with Gasteiger partial charge < -0.3 is 15.5 Å². The van der Waals surface area contributed by atoms with Crippen LogP contribution in [-0.2, 0) is 4.79 Å². The van der Waals surface area contributed by atoms with Crippen LogP contribution >= 0.6 is 0 Å². The average molecular weight is 267 g/mol. The van der Waals surface area contributed by atoms with Crippen molar-refractivity contribution in [3.8, 4) is 0 Å². The molecule has 3 atom stereocenters. The molecule has 0 radical (unpaired) electrons. The Labute approximate surface area is 117 Å². The molecule has 2 aliphatic rings. The van der Waals surface area contributed by atoms with Gasteiger partial charge >= 0.3 is 0 Å². The fourth-order valence-electron chi connectivity index (χ4n) is 3.22. The lowest BCUT2D eigenvalue weighted by Gasteiger charge is -2.29. The van der Waals surface area contributed by atoms with Crippen LogP contribution in [0, 0.1) is 11.8 Å². The number of nitrogens with zero attached hydrogens (tertiary/aromatic N) is 1. The third-order valence-corrected chi connectivity index (χ3v) is 4.46. The highest BCUT2D eigenvalue weighted by Gasteiger charge is 2.29. The third kappa shape index (κ3) is 4.46. The average Bonchev–Trinajstić information content (AvgIpc) is 2.83. The van der Waals surface area contributed by atoms with E-state index in [1.54, 1.807) is 0 Å². The van der Waals surface area contributed by atoms with Crippen molar-refractivity contribution in [2.75, 3.05) is 32.7 Å². The second kappa shape index (κ2) is 7.25. The largest absolute Gasteiger partial charge is 0.354 e. The van der Waals surface area contributed by atoms with E-state index < -0.39 is 0 Å². The summed E-state index contributed by atoms with van der Waals surface area (Å²) in [5, 5.41) is 6.41. The van der Waals surface area contributed by atoms with Gasteiger partial charge in [-0.25, -0.2) is 0 Å². The minimum atomic E-state index is 0.0298. The van der Waals surface area contributed by atoms with Crippen molar-refractivity contribution in [3.05, 3.63) is 0 Å². The molecule has 2 fully saturated rings. The molecule has 1 amide bonds. The molecule has 0 aliphatic carbocycles. The van der Waals surface area contributed by atoms with Crippen LogP contribution in [0.15, 0.2) is 0 Å². The molecule has 0 aromatic carbocycles. The van der Waals surface area contributed by atoms with Gasteiger partial charge in [-0.3, -0.25) is 4.79 Å². The smallest absolute Gasteiger partial charge is 0.237 e. The number of carbonyl (C=O) groups is 1. The lowest BCUT2D eigenvalue weighted by molar-refractivity contribution is -0.123. The minimum absolute atomic E-state index is 0.0298. The van der Waals surface area contributed by atoms with Gasteiger partial charge in [0.05, 0.1) is 6.04 Å². The summed E-state index contributed by atoms with van der Waals surface area (Å²) in [5.74, 6) is 1.20. The summed E-state index contributed by atoms with van der Waals surface area (Å²) in [6.07, 6.45) is 5.17. The van der Waals surface area contributed by atoms with Gasteiger partial charge in [0.15, 0.2) is 0 Å². The highest BCUT2D eigenvalue weighted by atomic mass is 16.2. The van der Waals surface area contributed by atoms with E-state index in [4.69, 9.17) is 0 Å². The molecule has 2 rings (SSSR count). The van der Waals surface area contributed by atoms with Gasteiger partial charge in [0.2, 0.25) is 5.91 Å². The van der Waals surface area contributed by atoms with E-state index in [1.807, 2.05) is 0 Å². The van der Waals surface area contributed by atoms with Crippen LogP contribution in [0.25, 0.3) is 0 Å². The van der Waals surface area contributed by atoms with E-state index in [0.717, 1.165) is 26.1 Å². The Morgan fingerprint density at radius 2 is 2.11 bits per heavy atom. The van der Waals surface area contributed by atoms with Gasteiger partial charge in [-0.05, 0) is 50.7 Å². The van der Waals surface area contributed by atoms with Gasteiger partial charge in [-0.2, -0.15) is 0 Å². The van der Waals surface area contributed by atoms with Crippen LogP contribution in [0.4, 0.5) is 0 Å². The van der Waals surface area contributed by atoms with Gasteiger partial charge in [0, 0.05) is 13.1 Å². The second-order valence-electron chi connectivity index (χ2n) is 6.41. The van der Waals surface area contributed by atoms with Gasteiger partial charge in [-0.1, -0.05) is 20.3 Å². The Morgan fingerprint density at radius 1 is 1.37 bits per heavy atom. The molecule has 3 unspecified atom stereocenters. The van der Waals surface area contributed by atoms with E-state index in [2.05, 4.69) is 29.4 Å². The molecule has 0 aromatic rings. The van der Waals surface area contributed by atoms with Crippen molar-refractivity contribution in [2.24, 2.45) is 11.8 Å². The van der Waals surface area contributed by atoms with Crippen molar-refractivity contribution in [2.45, 2.75) is 45.6 Å². The number of piperidine rings is 1. The summed E-state index contributed by atoms with van der Waals surface area (Å²) >= 11 is 0. The fraction of sp³-hybridized carbons (Fsp3) is 0.933. The SMILES string of the molecule is CC(CNC(=O)C1NCCC1C)CN1CCCCC1. The number of likely N-dealkylation sites (tertiary alicyclic amines) is 1. The number of amides is 1. The molecule has 4 nitrogen and oxygen atoms in total. The van der Waals surface area contributed by atoms with Gasteiger partial charge in [-0.15, -0.1) is 0 Å². The zero-order valence-electron chi connectivity index (χ0n) is 12.5. The maximum Gasteiger partial charge on any atom is 0.237 e. The molecule has 0 aromatic heterocycles. The predicted octanol–water partition coefficient (Wildman–Crippen LogP) is 1.22. The molecule has 2 heterocycles. The van der Waals surface area contributed by atoms with E-state index in [9.17, 15) is 4.79 Å². The molecular formula is C15H29N3O. The minimum Gasteiger partial charge on any atom is -0.354 e.